The Morgan fingerprint density at radius 1 is 1.19 bits per heavy atom. The molecule has 4 N–H and O–H groups in total. The molecule has 4 heterocycles. The smallest absolute Gasteiger partial charge is 0.340 e. The summed E-state index contributed by atoms with van der Waals surface area (Å²) < 4.78 is 21.1. The van der Waals surface area contributed by atoms with Crippen LogP contribution in [0.2, 0.25) is 0 Å². The highest BCUT2D eigenvalue weighted by molar-refractivity contribution is 5.92. The van der Waals surface area contributed by atoms with Gasteiger partial charge < -0.3 is 25.3 Å². The highest BCUT2D eigenvalue weighted by Crippen LogP contribution is 2.41. The summed E-state index contributed by atoms with van der Waals surface area (Å²) in [7, 11) is 0. The minimum atomic E-state index is -1.48. The lowest BCUT2D eigenvalue weighted by Crippen LogP contribution is -2.32. The van der Waals surface area contributed by atoms with Gasteiger partial charge in [0.15, 0.2) is 6.10 Å². The zero-order valence-corrected chi connectivity index (χ0v) is 20.4. The van der Waals surface area contributed by atoms with Gasteiger partial charge in [0.1, 0.15) is 19.0 Å². The van der Waals surface area contributed by atoms with E-state index >= 15 is 0 Å². The highest BCUT2D eigenvalue weighted by Gasteiger charge is 2.35. The Hall–Kier alpha value is -3.63. The number of pyridine rings is 2. The van der Waals surface area contributed by atoms with Crippen molar-refractivity contribution in [3.63, 3.8) is 0 Å². The van der Waals surface area contributed by atoms with Crippen molar-refractivity contribution in [1.29, 1.82) is 0 Å². The number of aliphatic hydroxyl groups is 2. The van der Waals surface area contributed by atoms with E-state index in [1.165, 1.54) is 6.07 Å². The van der Waals surface area contributed by atoms with E-state index in [9.17, 15) is 23.9 Å². The van der Waals surface area contributed by atoms with E-state index < -0.39 is 24.6 Å². The molecular formula is C26H28FN3O6. The van der Waals surface area contributed by atoms with Crippen LogP contribution in [0.1, 0.15) is 59.8 Å². The summed E-state index contributed by atoms with van der Waals surface area (Å²) >= 11 is 0. The summed E-state index contributed by atoms with van der Waals surface area (Å²) in [6.45, 7) is 5.49. The third kappa shape index (κ3) is 3.96. The molecule has 36 heavy (non-hydrogen) atoms. The van der Waals surface area contributed by atoms with Gasteiger partial charge in [-0.05, 0) is 48.9 Å². The van der Waals surface area contributed by atoms with Crippen LogP contribution >= 0.6 is 0 Å². The first kappa shape index (κ1) is 25.5. The number of cyclic esters (lactones) is 1. The van der Waals surface area contributed by atoms with Crippen molar-refractivity contribution in [3.8, 4) is 11.4 Å². The number of ether oxygens (including phenoxy) is 1. The monoisotopic (exact) mass is 497 g/mol. The van der Waals surface area contributed by atoms with E-state index in [1.807, 2.05) is 13.8 Å². The van der Waals surface area contributed by atoms with Gasteiger partial charge in [0.2, 0.25) is 5.91 Å². The third-order valence-corrected chi connectivity index (χ3v) is 6.70. The number of hydrogen-bond donors (Lipinski definition) is 3. The Morgan fingerprint density at radius 2 is 1.86 bits per heavy atom. The molecule has 0 saturated carbocycles. The van der Waals surface area contributed by atoms with Crippen molar-refractivity contribution in [2.24, 2.45) is 5.73 Å². The lowest BCUT2D eigenvalue weighted by molar-refractivity contribution is -0.157. The standard InChI is InChI=1S/C22H17FN2O4.C2H5NO2.C2H6/c1-9-10-3-2-4-11-13-7-25-17(19(13)24-16(18(10)11)6-15(9)23)5-12-14(21(25)27)8-29-22(28)20(12)26;3-2(5)1-4;1-2/h5-6,20,26H,2-4,7-8H2,1H3;4H,1H2,(H2,3,5);1-2H3. The number of benzene rings is 1. The van der Waals surface area contributed by atoms with Crippen LogP contribution in [-0.4, -0.2) is 38.2 Å². The Labute approximate surface area is 206 Å². The SMILES string of the molecule is CC.Cc1c(F)cc2nc3c(c4c2c1CCC4)Cn1c-3cc2c(c1=O)COC(=O)C2O.NC(=O)CO. The molecule has 10 heteroatoms. The number of aliphatic hydroxyl groups excluding tert-OH is 2. The zero-order chi connectivity index (χ0) is 26.3. The number of primary amides is 1. The van der Waals surface area contributed by atoms with Crippen molar-refractivity contribution in [1.82, 2.24) is 9.55 Å². The van der Waals surface area contributed by atoms with Gasteiger partial charge in [-0.25, -0.2) is 14.2 Å². The fraction of sp³-hybridized carbons (Fsp3) is 0.385. The first-order valence-corrected chi connectivity index (χ1v) is 11.9. The lowest BCUT2D eigenvalue weighted by Gasteiger charge is -2.22. The largest absolute Gasteiger partial charge is 0.458 e. The molecule has 0 saturated heterocycles. The average Bonchev–Trinajstić information content (AvgIpc) is 3.25. The van der Waals surface area contributed by atoms with E-state index in [-0.39, 0.29) is 23.5 Å². The Balaban J connectivity index is 0.000000391. The molecule has 9 nitrogen and oxygen atoms in total. The maximum absolute atomic E-state index is 14.5. The van der Waals surface area contributed by atoms with Crippen LogP contribution in [0.4, 0.5) is 4.39 Å². The van der Waals surface area contributed by atoms with Crippen LogP contribution in [-0.2, 0) is 40.3 Å². The van der Waals surface area contributed by atoms with Gasteiger partial charge in [-0.3, -0.25) is 9.59 Å². The molecule has 1 aliphatic carbocycles. The van der Waals surface area contributed by atoms with Crippen LogP contribution in [0.3, 0.4) is 0 Å². The fourth-order valence-electron chi connectivity index (χ4n) is 5.06. The molecule has 1 unspecified atom stereocenters. The number of carbonyl (C=O) groups excluding carboxylic acids is 2. The first-order chi connectivity index (χ1) is 17.2. The highest BCUT2D eigenvalue weighted by atomic mass is 19.1. The van der Waals surface area contributed by atoms with Crippen LogP contribution in [0.25, 0.3) is 22.3 Å². The quantitative estimate of drug-likeness (QED) is 0.341. The van der Waals surface area contributed by atoms with Crippen LogP contribution < -0.4 is 11.3 Å². The van der Waals surface area contributed by atoms with Crippen LogP contribution in [0.5, 0.6) is 0 Å². The number of rotatable bonds is 1. The molecule has 6 rings (SSSR count). The first-order valence-electron chi connectivity index (χ1n) is 11.9. The number of nitrogens with zero attached hydrogens (tertiary/aromatic N) is 2. The summed E-state index contributed by atoms with van der Waals surface area (Å²) in [4.78, 5) is 38.9. The number of aromatic nitrogens is 2. The molecule has 1 aromatic carbocycles. The number of esters is 1. The van der Waals surface area contributed by atoms with E-state index in [1.54, 1.807) is 17.6 Å². The van der Waals surface area contributed by atoms with Crippen molar-refractivity contribution in [2.45, 2.75) is 59.3 Å². The van der Waals surface area contributed by atoms with Gasteiger partial charge in [-0.1, -0.05) is 13.8 Å². The van der Waals surface area contributed by atoms with Crippen molar-refractivity contribution in [3.05, 3.63) is 61.7 Å². The maximum atomic E-state index is 14.5. The second-order valence-corrected chi connectivity index (χ2v) is 8.62. The topological polar surface area (TPSA) is 145 Å². The normalized spacial score (nSPS) is 16.5. The van der Waals surface area contributed by atoms with Crippen molar-refractivity contribution < 1.29 is 28.9 Å². The minimum absolute atomic E-state index is 0.141. The predicted octanol–water partition coefficient (Wildman–Crippen LogP) is 1.94. The summed E-state index contributed by atoms with van der Waals surface area (Å²) in [5.41, 5.74) is 10.3. The molecule has 0 spiro atoms. The van der Waals surface area contributed by atoms with Crippen molar-refractivity contribution >= 4 is 22.8 Å². The van der Waals surface area contributed by atoms with E-state index in [4.69, 9.17) is 14.8 Å². The van der Waals surface area contributed by atoms with Crippen LogP contribution in [0.15, 0.2) is 16.9 Å². The van der Waals surface area contributed by atoms with E-state index in [0.717, 1.165) is 41.3 Å². The number of aryl methyl sites for hydroxylation is 2. The molecule has 1 atom stereocenters. The van der Waals surface area contributed by atoms with Crippen LogP contribution in [0, 0.1) is 12.7 Å². The zero-order valence-electron chi connectivity index (χ0n) is 20.4. The minimum Gasteiger partial charge on any atom is -0.458 e. The average molecular weight is 498 g/mol. The lowest BCUT2D eigenvalue weighted by atomic mass is 9.85. The summed E-state index contributed by atoms with van der Waals surface area (Å²) in [5.74, 6) is -1.72. The molecule has 2 aromatic heterocycles. The molecule has 3 aromatic rings. The summed E-state index contributed by atoms with van der Waals surface area (Å²) in [6.07, 6.45) is 1.12. The Bertz CT molecular complexity index is 1460. The van der Waals surface area contributed by atoms with Gasteiger partial charge in [0.05, 0.1) is 29.0 Å². The molecule has 2 aliphatic heterocycles. The van der Waals surface area contributed by atoms with Gasteiger partial charge >= 0.3 is 5.97 Å². The predicted molar refractivity (Wildman–Crippen MR) is 130 cm³/mol. The van der Waals surface area contributed by atoms with Gasteiger partial charge in [0.25, 0.3) is 5.56 Å². The van der Waals surface area contributed by atoms with E-state index in [2.05, 4.69) is 5.73 Å². The van der Waals surface area contributed by atoms with Gasteiger partial charge in [-0.15, -0.1) is 0 Å². The number of nitrogens with two attached hydrogens (primary N) is 1. The Kier molecular flexibility index (Phi) is 6.92. The number of halogens is 1. The number of carbonyl (C=O) groups is 2. The van der Waals surface area contributed by atoms with Gasteiger partial charge in [0, 0.05) is 22.6 Å². The Morgan fingerprint density at radius 3 is 2.53 bits per heavy atom. The van der Waals surface area contributed by atoms with Crippen molar-refractivity contribution in [2.75, 3.05) is 6.61 Å². The molecule has 3 aliphatic rings. The molecular weight excluding hydrogens is 469 g/mol. The number of hydrogen-bond acceptors (Lipinski definition) is 7. The molecule has 0 bridgehead atoms. The molecule has 1 amide bonds. The summed E-state index contributed by atoms with van der Waals surface area (Å²) in [6, 6.07) is 3.13. The molecule has 0 radical (unpaired) electrons. The second-order valence-electron chi connectivity index (χ2n) is 8.62. The molecule has 190 valence electrons. The third-order valence-electron chi connectivity index (χ3n) is 6.70. The number of amides is 1. The second kappa shape index (κ2) is 9.79. The molecule has 0 fully saturated rings. The fourth-order valence-corrected chi connectivity index (χ4v) is 5.06. The van der Waals surface area contributed by atoms with Gasteiger partial charge in [-0.2, -0.15) is 0 Å². The van der Waals surface area contributed by atoms with E-state index in [0.29, 0.717) is 34.6 Å². The summed E-state index contributed by atoms with van der Waals surface area (Å²) in [5, 5.41) is 18.9. The number of fused-ring (bicyclic) bond motifs is 5. The maximum Gasteiger partial charge on any atom is 0.340 e.